The molecule has 2 aromatic carbocycles. The molecule has 1 aliphatic heterocycles. The molecular weight excluding hydrogens is 647 g/mol. The molecule has 2 heterocycles. The van der Waals surface area contributed by atoms with Crippen molar-refractivity contribution in [2.45, 2.75) is 69.6 Å². The van der Waals surface area contributed by atoms with Gasteiger partial charge < -0.3 is 15.2 Å². The molecule has 1 aliphatic rings. The molecule has 1 aromatic heterocycles. The van der Waals surface area contributed by atoms with Gasteiger partial charge in [0.1, 0.15) is 11.6 Å². The number of unbranched alkanes of at least 4 members (excludes halogenated alkanes) is 1. The summed E-state index contributed by atoms with van der Waals surface area (Å²) in [6.07, 6.45) is -15.0. The van der Waals surface area contributed by atoms with E-state index in [9.17, 15) is 49.4 Å². The maximum atomic E-state index is 13.7. The van der Waals surface area contributed by atoms with Crippen molar-refractivity contribution >= 4 is 17.6 Å². The van der Waals surface area contributed by atoms with Gasteiger partial charge in [0.15, 0.2) is 0 Å². The molecule has 0 unspecified atom stereocenters. The third-order valence-electron chi connectivity index (χ3n) is 7.54. The Hall–Kier alpha value is -4.68. The minimum Gasteiger partial charge on any atom is -0.492 e. The summed E-state index contributed by atoms with van der Waals surface area (Å²) in [5, 5.41) is 21.6. The van der Waals surface area contributed by atoms with Gasteiger partial charge in [-0.2, -0.15) is 44.8 Å². The van der Waals surface area contributed by atoms with E-state index in [1.54, 1.807) is 6.92 Å². The molecule has 16 heteroatoms. The molecule has 0 aliphatic carbocycles. The van der Waals surface area contributed by atoms with Gasteiger partial charge >= 0.3 is 24.6 Å². The summed E-state index contributed by atoms with van der Waals surface area (Å²) >= 11 is 0. The average Bonchev–Trinajstić information content (AvgIpc) is 2.98. The van der Waals surface area contributed by atoms with E-state index in [-0.39, 0.29) is 65.9 Å². The molecule has 2 atom stereocenters. The number of hydrogen-bond donors (Lipinski definition) is 2. The number of benzene rings is 2. The Bertz CT molecular complexity index is 1620. The maximum Gasteiger partial charge on any atom is 0.416 e. The Morgan fingerprint density at radius 2 is 1.64 bits per heavy atom. The number of pyridine rings is 1. The predicted molar refractivity (Wildman–Crippen MR) is 151 cm³/mol. The topological polar surface area (TPSA) is 98.5 Å². The van der Waals surface area contributed by atoms with Crippen molar-refractivity contribution in [2.24, 2.45) is 0 Å². The number of hydrogen-bond acceptors (Lipinski definition) is 5. The number of alkyl halides is 9. The molecule has 3 aromatic rings. The molecular formula is C31H27F9N4O3. The van der Waals surface area contributed by atoms with Crippen LogP contribution in [0.5, 0.6) is 5.75 Å². The first-order chi connectivity index (χ1) is 21.9. The maximum absolute atomic E-state index is 13.7. The predicted octanol–water partition coefficient (Wildman–Crippen LogP) is 9.23. The lowest BCUT2D eigenvalue weighted by molar-refractivity contribution is -0.143. The van der Waals surface area contributed by atoms with E-state index in [4.69, 9.17) is 10.00 Å². The van der Waals surface area contributed by atoms with Gasteiger partial charge in [-0.3, -0.25) is 4.90 Å². The summed E-state index contributed by atoms with van der Waals surface area (Å²) in [7, 11) is 0. The summed E-state index contributed by atoms with van der Waals surface area (Å²) in [4.78, 5) is 17.4. The van der Waals surface area contributed by atoms with Crippen LogP contribution in [-0.2, 0) is 24.9 Å². The fourth-order valence-electron chi connectivity index (χ4n) is 5.36. The molecule has 4 rings (SSSR count). The summed E-state index contributed by atoms with van der Waals surface area (Å²) in [6.45, 7) is 1.73. The molecule has 0 radical (unpaired) electrons. The Morgan fingerprint density at radius 1 is 1.00 bits per heavy atom. The van der Waals surface area contributed by atoms with Gasteiger partial charge in [-0.15, -0.1) is 0 Å². The number of carboxylic acid groups (broad SMARTS) is 1. The summed E-state index contributed by atoms with van der Waals surface area (Å²) < 4.78 is 128. The van der Waals surface area contributed by atoms with Crippen LogP contribution in [0.2, 0.25) is 0 Å². The molecule has 0 spiro atoms. The standard InChI is InChI=1S/C31H27F9N4O3/c1-2-22-15-25(24-14-19(29(32,33)34)5-6-26(24)44(22)28(45)46)43-27-18(12-23(16-42-27)47-8-4-3-7-41)9-17-10-20(30(35,36)37)13-21(11-17)31(38,39)40/h5-6,10-14,16,22,25H,2-4,8-9,15H2,1H3,(H,42,43)(H,45,46)/t22-,25+/m1/s1. The number of nitriles is 1. The first-order valence-corrected chi connectivity index (χ1v) is 14.2. The lowest BCUT2D eigenvalue weighted by Gasteiger charge is -2.40. The number of carbonyl (C=O) groups is 1. The average molecular weight is 675 g/mol. The van der Waals surface area contributed by atoms with Crippen LogP contribution in [-0.4, -0.2) is 28.8 Å². The monoisotopic (exact) mass is 674 g/mol. The Kier molecular flexibility index (Phi) is 10.2. The largest absolute Gasteiger partial charge is 0.492 e. The quantitative estimate of drug-likeness (QED) is 0.174. The van der Waals surface area contributed by atoms with Crippen LogP contribution in [0.3, 0.4) is 0 Å². The van der Waals surface area contributed by atoms with Crippen LogP contribution in [0.15, 0.2) is 48.7 Å². The lowest BCUT2D eigenvalue weighted by atomic mass is 9.88. The molecule has 0 bridgehead atoms. The molecule has 0 fully saturated rings. The van der Waals surface area contributed by atoms with Crippen LogP contribution in [0.4, 0.5) is 55.8 Å². The highest BCUT2D eigenvalue weighted by atomic mass is 19.4. The Morgan fingerprint density at radius 3 is 2.19 bits per heavy atom. The van der Waals surface area contributed by atoms with Crippen molar-refractivity contribution in [1.82, 2.24) is 4.98 Å². The van der Waals surface area contributed by atoms with Crippen molar-refractivity contribution in [2.75, 3.05) is 16.8 Å². The van der Waals surface area contributed by atoms with Gasteiger partial charge in [-0.05, 0) is 72.9 Å². The van der Waals surface area contributed by atoms with Crippen LogP contribution in [0.1, 0.15) is 72.0 Å². The molecule has 7 nitrogen and oxygen atoms in total. The minimum absolute atomic E-state index is 0.00801. The van der Waals surface area contributed by atoms with Gasteiger partial charge in [-0.1, -0.05) is 6.92 Å². The van der Waals surface area contributed by atoms with Crippen molar-refractivity contribution in [3.63, 3.8) is 0 Å². The van der Waals surface area contributed by atoms with E-state index in [1.807, 2.05) is 6.07 Å². The van der Waals surface area contributed by atoms with Gasteiger partial charge in [0, 0.05) is 24.4 Å². The smallest absolute Gasteiger partial charge is 0.416 e. The molecule has 252 valence electrons. The van der Waals surface area contributed by atoms with Crippen molar-refractivity contribution in [3.05, 3.63) is 82.0 Å². The highest BCUT2D eigenvalue weighted by Crippen LogP contribution is 2.44. The zero-order chi connectivity index (χ0) is 34.7. The Balaban J connectivity index is 1.82. The number of aromatic nitrogens is 1. The first kappa shape index (κ1) is 35.2. The van der Waals surface area contributed by atoms with E-state index >= 15 is 0 Å². The normalized spacial score (nSPS) is 16.7. The second-order valence-corrected chi connectivity index (χ2v) is 10.8. The van der Waals surface area contributed by atoms with E-state index in [2.05, 4.69) is 10.3 Å². The fourth-order valence-corrected chi connectivity index (χ4v) is 5.36. The van der Waals surface area contributed by atoms with Crippen molar-refractivity contribution in [1.29, 1.82) is 5.26 Å². The van der Waals surface area contributed by atoms with Crippen molar-refractivity contribution < 1.29 is 54.2 Å². The number of nitrogens with one attached hydrogen (secondary N) is 1. The van der Waals surface area contributed by atoms with E-state index in [1.165, 1.54) is 12.3 Å². The van der Waals surface area contributed by atoms with E-state index in [0.29, 0.717) is 18.6 Å². The number of ether oxygens (including phenoxy) is 1. The number of anilines is 2. The molecule has 1 amide bonds. The van der Waals surface area contributed by atoms with Gasteiger partial charge in [0.05, 0.1) is 47.3 Å². The van der Waals surface area contributed by atoms with Gasteiger partial charge in [0.25, 0.3) is 0 Å². The molecule has 0 saturated heterocycles. The second-order valence-electron chi connectivity index (χ2n) is 10.8. The molecule has 47 heavy (non-hydrogen) atoms. The van der Waals surface area contributed by atoms with Crippen LogP contribution in [0.25, 0.3) is 0 Å². The Labute approximate surface area is 262 Å². The minimum atomic E-state index is -5.10. The molecule has 0 saturated carbocycles. The van der Waals surface area contributed by atoms with Gasteiger partial charge in [0.2, 0.25) is 0 Å². The zero-order valence-electron chi connectivity index (χ0n) is 24.5. The second kappa shape index (κ2) is 13.6. The SMILES string of the molecule is CC[C@@H]1C[C@H](Nc2ncc(OCCCC#N)cc2Cc2cc(C(F)(F)F)cc(C(F)(F)F)c2)c2cc(C(F)(F)F)ccc2N1C(=O)O. The zero-order valence-corrected chi connectivity index (χ0v) is 24.5. The van der Waals surface area contributed by atoms with Crippen LogP contribution < -0.4 is 15.0 Å². The van der Waals surface area contributed by atoms with Gasteiger partial charge in [-0.25, -0.2) is 9.78 Å². The lowest BCUT2D eigenvalue weighted by Crippen LogP contribution is -2.45. The number of halogens is 9. The summed E-state index contributed by atoms with van der Waals surface area (Å²) in [6, 6.07) is 5.25. The number of fused-ring (bicyclic) bond motifs is 1. The van der Waals surface area contributed by atoms with Crippen LogP contribution >= 0.6 is 0 Å². The third-order valence-corrected chi connectivity index (χ3v) is 7.54. The highest BCUT2D eigenvalue weighted by molar-refractivity contribution is 5.89. The van der Waals surface area contributed by atoms with Crippen LogP contribution in [0, 0.1) is 11.3 Å². The number of nitrogens with zero attached hydrogens (tertiary/aromatic N) is 3. The summed E-state index contributed by atoms with van der Waals surface area (Å²) in [5.74, 6) is 0.00531. The van der Waals surface area contributed by atoms with Crippen molar-refractivity contribution in [3.8, 4) is 11.8 Å². The third kappa shape index (κ3) is 8.38. The van der Waals surface area contributed by atoms with E-state index < -0.39 is 59.8 Å². The highest BCUT2D eigenvalue weighted by Gasteiger charge is 2.40. The molecule has 2 N–H and O–H groups in total. The first-order valence-electron chi connectivity index (χ1n) is 14.2. The fraction of sp³-hybridized carbons (Fsp3) is 0.387. The number of rotatable bonds is 9. The number of amides is 1. The summed E-state index contributed by atoms with van der Waals surface area (Å²) in [5.41, 5.74) is -4.52. The van der Waals surface area contributed by atoms with E-state index in [0.717, 1.165) is 23.1 Å².